The van der Waals surface area contributed by atoms with E-state index < -0.39 is 124 Å². The number of aliphatic hydroxyl groups excluding tert-OH is 11. The minimum absolute atomic E-state index is 0.231. The van der Waals surface area contributed by atoms with Crippen LogP contribution in [0.3, 0.4) is 0 Å². The fraction of sp³-hybridized carbons (Fsp3) is 0.882. The van der Waals surface area contributed by atoms with Crippen molar-refractivity contribution < 1.29 is 89.4 Å². The van der Waals surface area contributed by atoms with Gasteiger partial charge in [0.2, 0.25) is 5.91 Å². The molecular weight excluding hydrogens is 1210 g/mol. The molecule has 0 aliphatic carbocycles. The predicted molar refractivity (Wildman–Crippen MR) is 374 cm³/mol. The first-order valence-electron chi connectivity index (χ1n) is 38.4. The van der Waals surface area contributed by atoms with E-state index in [1.807, 2.05) is 6.08 Å². The molecule has 3 aliphatic rings. The Labute approximate surface area is 573 Å². The number of rotatable bonds is 60. The molecule has 3 saturated heterocycles. The van der Waals surface area contributed by atoms with E-state index >= 15 is 0 Å². The molecular formula is C76H139NO18. The van der Waals surface area contributed by atoms with Gasteiger partial charge in [0.15, 0.2) is 18.9 Å². The van der Waals surface area contributed by atoms with Gasteiger partial charge in [0.05, 0.1) is 38.6 Å². The average Bonchev–Trinajstić information content (AvgIpc) is 0.787. The number of nitrogens with one attached hydrogen (secondary N) is 1. The quantitative estimate of drug-likeness (QED) is 0.0199. The van der Waals surface area contributed by atoms with Crippen molar-refractivity contribution >= 4 is 5.91 Å². The molecule has 0 bridgehead atoms. The molecule has 12 N–H and O–H groups in total. The topological polar surface area (TPSA) is 307 Å². The number of hydrogen-bond donors (Lipinski definition) is 12. The summed E-state index contributed by atoms with van der Waals surface area (Å²) in [7, 11) is 0. The van der Waals surface area contributed by atoms with Gasteiger partial charge in [-0.05, 0) is 70.6 Å². The molecule has 3 aliphatic heterocycles. The summed E-state index contributed by atoms with van der Waals surface area (Å²) >= 11 is 0. The number of aliphatic hydroxyl groups is 11. The molecule has 556 valence electrons. The van der Waals surface area contributed by atoms with Gasteiger partial charge >= 0.3 is 0 Å². The first-order chi connectivity index (χ1) is 46.3. The summed E-state index contributed by atoms with van der Waals surface area (Å²) in [5, 5.41) is 121. The van der Waals surface area contributed by atoms with Crippen molar-refractivity contribution in [2.45, 2.75) is 401 Å². The minimum atomic E-state index is -1.98. The van der Waals surface area contributed by atoms with Crippen molar-refractivity contribution in [3.63, 3.8) is 0 Å². The number of carbonyl (C=O) groups is 1. The second kappa shape index (κ2) is 57.4. The number of hydrogen-bond acceptors (Lipinski definition) is 18. The molecule has 0 saturated carbocycles. The molecule has 3 heterocycles. The number of allylic oxidation sites excluding steroid dienone is 7. The van der Waals surface area contributed by atoms with Crippen LogP contribution in [0.4, 0.5) is 0 Å². The maximum atomic E-state index is 13.4. The first-order valence-corrected chi connectivity index (χ1v) is 38.4. The third kappa shape index (κ3) is 38.4. The Hall–Kier alpha value is -2.25. The van der Waals surface area contributed by atoms with E-state index in [9.17, 15) is 61.0 Å². The van der Waals surface area contributed by atoms with E-state index in [4.69, 9.17) is 28.4 Å². The molecule has 0 aromatic heterocycles. The van der Waals surface area contributed by atoms with Crippen molar-refractivity contribution in [1.29, 1.82) is 0 Å². The zero-order valence-electron chi connectivity index (χ0n) is 59.2. The van der Waals surface area contributed by atoms with Crippen molar-refractivity contribution in [2.75, 3.05) is 26.4 Å². The Morgan fingerprint density at radius 2 is 0.674 bits per heavy atom. The molecule has 0 radical (unpaired) electrons. The third-order valence-corrected chi connectivity index (χ3v) is 19.1. The van der Waals surface area contributed by atoms with Crippen LogP contribution >= 0.6 is 0 Å². The van der Waals surface area contributed by atoms with E-state index in [0.29, 0.717) is 12.8 Å². The van der Waals surface area contributed by atoms with E-state index in [0.717, 1.165) is 44.9 Å². The average molecular weight is 1350 g/mol. The smallest absolute Gasteiger partial charge is 0.220 e. The van der Waals surface area contributed by atoms with Crippen molar-refractivity contribution in [3.8, 4) is 0 Å². The molecule has 0 aromatic rings. The van der Waals surface area contributed by atoms with E-state index in [-0.39, 0.29) is 18.9 Å². The number of unbranched alkanes of at least 4 members (excludes halogenated alkanes) is 38. The summed E-state index contributed by atoms with van der Waals surface area (Å²) in [5.74, 6) is -0.288. The summed E-state index contributed by atoms with van der Waals surface area (Å²) in [6, 6.07) is -0.999. The van der Waals surface area contributed by atoms with Crippen LogP contribution < -0.4 is 5.32 Å². The summed E-state index contributed by atoms with van der Waals surface area (Å²) in [6.07, 6.45) is 43.8. The Bertz CT molecular complexity index is 1910. The normalized spacial score (nSPS) is 27.4. The highest BCUT2D eigenvalue weighted by atomic mass is 16.8. The minimum Gasteiger partial charge on any atom is -0.394 e. The van der Waals surface area contributed by atoms with Gasteiger partial charge < -0.3 is 89.9 Å². The van der Waals surface area contributed by atoms with Crippen molar-refractivity contribution in [2.24, 2.45) is 0 Å². The highest BCUT2D eigenvalue weighted by Crippen LogP contribution is 2.33. The van der Waals surface area contributed by atoms with Crippen molar-refractivity contribution in [1.82, 2.24) is 5.32 Å². The monoisotopic (exact) mass is 1350 g/mol. The lowest BCUT2D eigenvalue weighted by molar-refractivity contribution is -0.379. The molecule has 3 rings (SSSR count). The Morgan fingerprint density at radius 1 is 0.368 bits per heavy atom. The van der Waals surface area contributed by atoms with Gasteiger partial charge in [-0.1, -0.05) is 268 Å². The maximum absolute atomic E-state index is 13.4. The summed E-state index contributed by atoms with van der Waals surface area (Å²) in [4.78, 5) is 13.4. The van der Waals surface area contributed by atoms with Gasteiger partial charge in [0, 0.05) is 6.42 Å². The van der Waals surface area contributed by atoms with Crippen LogP contribution in [-0.2, 0) is 33.2 Å². The van der Waals surface area contributed by atoms with Crippen LogP contribution in [0.5, 0.6) is 0 Å². The molecule has 17 atom stereocenters. The number of carbonyl (C=O) groups excluding carboxylic acids is 1. The van der Waals surface area contributed by atoms with Crippen LogP contribution in [0.1, 0.15) is 296 Å². The highest BCUT2D eigenvalue weighted by Gasteiger charge is 2.53. The lowest BCUT2D eigenvalue weighted by Gasteiger charge is -2.48. The second-order valence-corrected chi connectivity index (χ2v) is 27.4. The molecule has 19 nitrogen and oxygen atoms in total. The zero-order chi connectivity index (χ0) is 68.9. The summed E-state index contributed by atoms with van der Waals surface area (Å²) in [5.41, 5.74) is 0. The van der Waals surface area contributed by atoms with E-state index in [2.05, 4.69) is 55.6 Å². The second-order valence-electron chi connectivity index (χ2n) is 27.4. The molecule has 0 aromatic carbocycles. The molecule has 19 heteroatoms. The van der Waals surface area contributed by atoms with Crippen molar-refractivity contribution in [3.05, 3.63) is 48.6 Å². The molecule has 3 fully saturated rings. The number of ether oxygens (including phenoxy) is 6. The Kier molecular flexibility index (Phi) is 52.5. The van der Waals surface area contributed by atoms with Crippen LogP contribution in [0.15, 0.2) is 48.6 Å². The third-order valence-electron chi connectivity index (χ3n) is 19.1. The largest absolute Gasteiger partial charge is 0.394 e. The van der Waals surface area contributed by atoms with Crippen LogP contribution in [0.25, 0.3) is 0 Å². The first kappa shape index (κ1) is 87.0. The van der Waals surface area contributed by atoms with Crippen LogP contribution in [-0.4, -0.2) is 193 Å². The fourth-order valence-corrected chi connectivity index (χ4v) is 12.9. The fourth-order valence-electron chi connectivity index (χ4n) is 12.9. The van der Waals surface area contributed by atoms with Gasteiger partial charge in [-0.2, -0.15) is 0 Å². The Morgan fingerprint density at radius 3 is 1.05 bits per heavy atom. The van der Waals surface area contributed by atoms with Gasteiger partial charge in [0.25, 0.3) is 0 Å². The van der Waals surface area contributed by atoms with Gasteiger partial charge in [-0.3, -0.25) is 4.79 Å². The standard InChI is InChI=1S/C76H139NO18/c1-3-5-7-9-11-13-15-17-19-21-23-25-27-28-29-30-32-33-35-37-39-41-43-45-47-49-51-53-60(81)59(77-64(82)54-52-50-48-46-44-42-40-38-36-34-31-26-24-22-20-18-16-14-12-10-8-6-4-2)58-90-74-70(88)67(85)72(62(56-79)92-74)95-76-71(89)68(86)73(63(57-80)93-76)94-75-69(87)66(84)65(83)61(55-78)91-75/h22,24,35,37,43,45,51,53,59-63,65-76,78-81,83-89H,3-21,23,25-34,36,38-42,44,46-50,52,54-58H2,1-2H3,(H,77,82)/b24-22-,37-35+,45-43+,53-51+. The van der Waals surface area contributed by atoms with E-state index in [1.165, 1.54) is 218 Å². The van der Waals surface area contributed by atoms with Gasteiger partial charge in [-0.15, -0.1) is 0 Å². The lowest BCUT2D eigenvalue weighted by Crippen LogP contribution is -2.66. The van der Waals surface area contributed by atoms with Gasteiger partial charge in [0.1, 0.15) is 73.2 Å². The van der Waals surface area contributed by atoms with Gasteiger partial charge in [-0.25, -0.2) is 0 Å². The lowest BCUT2D eigenvalue weighted by atomic mass is 9.96. The SMILES string of the molecule is CCCCCCCCCC/C=C\CCCCCCCCCCCCCC(=O)NC(COC1OC(CO)C(OC2OC(CO)C(OC3OC(CO)C(O)C(O)C3O)C(O)C2O)C(O)C1O)C(O)/C=C/CC/C=C/CC/C=C/CCCCCCCCCCCCCCCCCCC. The van der Waals surface area contributed by atoms with Crippen LogP contribution in [0.2, 0.25) is 0 Å². The van der Waals surface area contributed by atoms with Crippen LogP contribution in [0, 0.1) is 0 Å². The molecule has 95 heavy (non-hydrogen) atoms. The summed E-state index contributed by atoms with van der Waals surface area (Å²) < 4.78 is 34.4. The number of amides is 1. The predicted octanol–water partition coefficient (Wildman–Crippen LogP) is 11.7. The Balaban J connectivity index is 1.42. The molecule has 1 amide bonds. The zero-order valence-corrected chi connectivity index (χ0v) is 59.2. The maximum Gasteiger partial charge on any atom is 0.220 e. The molecule has 17 unspecified atom stereocenters. The summed E-state index contributed by atoms with van der Waals surface area (Å²) in [6.45, 7) is 1.74. The molecule has 0 spiro atoms. The van der Waals surface area contributed by atoms with E-state index in [1.54, 1.807) is 6.08 Å². The highest BCUT2D eigenvalue weighted by molar-refractivity contribution is 5.76.